The van der Waals surface area contributed by atoms with Crippen LogP contribution in [0.1, 0.15) is 40.3 Å². The van der Waals surface area contributed by atoms with E-state index < -0.39 is 0 Å². The molecule has 2 N–H and O–H groups in total. The molecule has 0 atom stereocenters. The number of amides is 1. The number of carbonyl (C=O) groups is 1. The molecule has 0 bridgehead atoms. The minimum atomic E-state index is -0.174. The van der Waals surface area contributed by atoms with E-state index in [-0.39, 0.29) is 17.2 Å². The molecule has 0 aliphatic rings. The average Bonchev–Trinajstić information content (AvgIpc) is 3.28. The first kappa shape index (κ1) is 25.1. The summed E-state index contributed by atoms with van der Waals surface area (Å²) in [4.78, 5) is 33.0. The van der Waals surface area contributed by atoms with Crippen molar-refractivity contribution in [3.63, 3.8) is 0 Å². The Kier molecular flexibility index (Phi) is 8.12. The fraction of sp³-hybridized carbons (Fsp3) is 0.333. The number of hydrogen-bond donors (Lipinski definition) is 1. The zero-order valence-electron chi connectivity index (χ0n) is 20.6. The Labute approximate surface area is 209 Å². The summed E-state index contributed by atoms with van der Waals surface area (Å²) in [6.45, 7) is 3.67. The van der Waals surface area contributed by atoms with Gasteiger partial charge in [0.2, 0.25) is 0 Å². The number of nitrogens with zero attached hydrogens (tertiary/aromatic N) is 4. The lowest BCUT2D eigenvalue weighted by molar-refractivity contribution is 0.0752. The second kappa shape index (κ2) is 11.6. The summed E-state index contributed by atoms with van der Waals surface area (Å²) in [6.07, 6.45) is 1.81. The monoisotopic (exact) mass is 489 g/mol. The van der Waals surface area contributed by atoms with Crippen LogP contribution in [-0.4, -0.2) is 52.3 Å². The zero-order chi connectivity index (χ0) is 25.5. The predicted octanol–water partition coefficient (Wildman–Crippen LogP) is 3.17. The largest absolute Gasteiger partial charge is 0.497 e. The van der Waals surface area contributed by atoms with Crippen molar-refractivity contribution < 1.29 is 14.1 Å². The number of nitrogens with two attached hydrogens (primary N) is 1. The number of rotatable bonds is 11. The summed E-state index contributed by atoms with van der Waals surface area (Å²) < 4.78 is 12.2. The molecule has 0 spiro atoms. The standard InChI is InChI=1S/C27H31N5O4/c1-19-24-25(36-30-19)29-23(32(27(24)34)18-20-8-4-3-5-9-20)10-6-16-31(17-7-15-28)26(33)21-11-13-22(35-2)14-12-21/h3-5,8-9,11-14H,6-7,10,15-18,28H2,1-2H3. The van der Waals surface area contributed by atoms with Crippen LogP contribution in [0.5, 0.6) is 5.75 Å². The highest BCUT2D eigenvalue weighted by Gasteiger charge is 2.19. The van der Waals surface area contributed by atoms with Gasteiger partial charge in [-0.2, -0.15) is 4.98 Å². The fourth-order valence-corrected chi connectivity index (χ4v) is 4.17. The van der Waals surface area contributed by atoms with Crippen molar-refractivity contribution in [3.05, 3.63) is 87.6 Å². The molecular formula is C27H31N5O4. The number of aromatic nitrogens is 3. The first-order chi connectivity index (χ1) is 17.5. The van der Waals surface area contributed by atoms with Crippen LogP contribution < -0.4 is 16.0 Å². The lowest BCUT2D eigenvalue weighted by Crippen LogP contribution is -2.34. The number of carbonyl (C=O) groups excluding carboxylic acids is 1. The summed E-state index contributed by atoms with van der Waals surface area (Å²) >= 11 is 0. The summed E-state index contributed by atoms with van der Waals surface area (Å²) in [5.74, 6) is 1.23. The normalized spacial score (nSPS) is 11.1. The number of aryl methyl sites for hydroxylation is 2. The summed E-state index contributed by atoms with van der Waals surface area (Å²) in [6, 6.07) is 16.8. The summed E-state index contributed by atoms with van der Waals surface area (Å²) in [5.41, 5.74) is 7.89. The third-order valence-corrected chi connectivity index (χ3v) is 6.11. The lowest BCUT2D eigenvalue weighted by Gasteiger charge is -2.23. The highest BCUT2D eigenvalue weighted by molar-refractivity contribution is 5.94. The van der Waals surface area contributed by atoms with Gasteiger partial charge in [0, 0.05) is 25.1 Å². The van der Waals surface area contributed by atoms with Gasteiger partial charge < -0.3 is 19.9 Å². The predicted molar refractivity (Wildman–Crippen MR) is 137 cm³/mol. The van der Waals surface area contributed by atoms with Crippen molar-refractivity contribution in [3.8, 4) is 5.75 Å². The molecule has 0 saturated carbocycles. The van der Waals surface area contributed by atoms with Gasteiger partial charge in [0.05, 0.1) is 19.3 Å². The highest BCUT2D eigenvalue weighted by atomic mass is 16.5. The molecular weight excluding hydrogens is 458 g/mol. The van der Waals surface area contributed by atoms with Crippen molar-refractivity contribution in [2.45, 2.75) is 32.7 Å². The third-order valence-electron chi connectivity index (χ3n) is 6.11. The number of fused-ring (bicyclic) bond motifs is 1. The highest BCUT2D eigenvalue weighted by Crippen LogP contribution is 2.16. The quantitative estimate of drug-likeness (QED) is 0.344. The Hall–Kier alpha value is -3.98. The van der Waals surface area contributed by atoms with Gasteiger partial charge >= 0.3 is 0 Å². The maximum Gasteiger partial charge on any atom is 0.267 e. The van der Waals surface area contributed by atoms with E-state index in [0.29, 0.717) is 73.7 Å². The molecule has 9 heteroatoms. The molecule has 188 valence electrons. The Balaban J connectivity index is 1.55. The summed E-state index contributed by atoms with van der Waals surface area (Å²) in [5, 5.41) is 4.33. The van der Waals surface area contributed by atoms with Gasteiger partial charge in [0.1, 0.15) is 17.0 Å². The minimum absolute atomic E-state index is 0.0675. The lowest BCUT2D eigenvalue weighted by atomic mass is 10.1. The van der Waals surface area contributed by atoms with Crippen molar-refractivity contribution >= 4 is 17.0 Å². The molecule has 0 unspecified atom stereocenters. The van der Waals surface area contributed by atoms with Crippen molar-refractivity contribution in [1.29, 1.82) is 0 Å². The Morgan fingerprint density at radius 2 is 1.81 bits per heavy atom. The molecule has 0 aliphatic heterocycles. The SMILES string of the molecule is COc1ccc(C(=O)N(CCCN)CCCc2nc3onc(C)c3c(=O)n2Cc2ccccc2)cc1. The maximum absolute atomic E-state index is 13.4. The van der Waals surface area contributed by atoms with E-state index in [1.165, 1.54) is 0 Å². The van der Waals surface area contributed by atoms with Gasteiger partial charge in [0.15, 0.2) is 0 Å². The van der Waals surface area contributed by atoms with Gasteiger partial charge in [-0.25, -0.2) is 0 Å². The van der Waals surface area contributed by atoms with Gasteiger partial charge in [-0.05, 0) is 56.1 Å². The van der Waals surface area contributed by atoms with Crippen LogP contribution in [0.2, 0.25) is 0 Å². The van der Waals surface area contributed by atoms with E-state index in [9.17, 15) is 9.59 Å². The van der Waals surface area contributed by atoms with E-state index in [1.54, 1.807) is 47.8 Å². The zero-order valence-corrected chi connectivity index (χ0v) is 20.6. The molecule has 0 saturated heterocycles. The molecule has 2 aromatic heterocycles. The molecule has 4 rings (SSSR count). The molecule has 36 heavy (non-hydrogen) atoms. The Morgan fingerprint density at radius 3 is 2.50 bits per heavy atom. The molecule has 9 nitrogen and oxygen atoms in total. The second-order valence-corrected chi connectivity index (χ2v) is 8.62. The van der Waals surface area contributed by atoms with E-state index in [0.717, 1.165) is 5.56 Å². The second-order valence-electron chi connectivity index (χ2n) is 8.62. The van der Waals surface area contributed by atoms with E-state index in [2.05, 4.69) is 10.1 Å². The van der Waals surface area contributed by atoms with Crippen LogP contribution in [0.3, 0.4) is 0 Å². The molecule has 2 heterocycles. The van der Waals surface area contributed by atoms with Crippen LogP contribution >= 0.6 is 0 Å². The van der Waals surface area contributed by atoms with Crippen LogP contribution in [-0.2, 0) is 13.0 Å². The topological polar surface area (TPSA) is 116 Å². The van der Waals surface area contributed by atoms with Crippen molar-refractivity contribution in [1.82, 2.24) is 19.6 Å². The summed E-state index contributed by atoms with van der Waals surface area (Å²) in [7, 11) is 1.59. The van der Waals surface area contributed by atoms with E-state index in [1.807, 2.05) is 30.3 Å². The molecule has 0 fully saturated rings. The van der Waals surface area contributed by atoms with Gasteiger partial charge in [-0.3, -0.25) is 14.2 Å². The number of methoxy groups -OCH3 is 1. The Morgan fingerprint density at radius 1 is 1.08 bits per heavy atom. The number of benzene rings is 2. The van der Waals surface area contributed by atoms with Crippen LogP contribution in [0.4, 0.5) is 0 Å². The smallest absolute Gasteiger partial charge is 0.267 e. The molecule has 0 radical (unpaired) electrons. The first-order valence-corrected chi connectivity index (χ1v) is 12.0. The van der Waals surface area contributed by atoms with Crippen LogP contribution in [0, 0.1) is 6.92 Å². The Bertz CT molecular complexity index is 1360. The van der Waals surface area contributed by atoms with Gasteiger partial charge in [0.25, 0.3) is 17.2 Å². The maximum atomic E-state index is 13.4. The third kappa shape index (κ3) is 5.63. The van der Waals surface area contributed by atoms with Crippen LogP contribution in [0.15, 0.2) is 63.9 Å². The van der Waals surface area contributed by atoms with Gasteiger partial charge in [-0.1, -0.05) is 35.5 Å². The molecule has 4 aromatic rings. The molecule has 2 aromatic carbocycles. The van der Waals surface area contributed by atoms with Gasteiger partial charge in [-0.15, -0.1) is 0 Å². The molecule has 0 aliphatic carbocycles. The molecule has 1 amide bonds. The van der Waals surface area contributed by atoms with Crippen LogP contribution in [0.25, 0.3) is 11.1 Å². The number of hydrogen-bond acceptors (Lipinski definition) is 7. The average molecular weight is 490 g/mol. The van der Waals surface area contributed by atoms with Crippen molar-refractivity contribution in [2.24, 2.45) is 5.73 Å². The fourth-order valence-electron chi connectivity index (χ4n) is 4.17. The van der Waals surface area contributed by atoms with E-state index in [4.69, 9.17) is 15.0 Å². The minimum Gasteiger partial charge on any atom is -0.497 e. The first-order valence-electron chi connectivity index (χ1n) is 12.0. The number of ether oxygens (including phenoxy) is 1. The van der Waals surface area contributed by atoms with Crippen molar-refractivity contribution in [2.75, 3.05) is 26.7 Å². The van der Waals surface area contributed by atoms with E-state index >= 15 is 0 Å².